The minimum atomic E-state index is -0.409. The van der Waals surface area contributed by atoms with Crippen molar-refractivity contribution < 1.29 is 9.84 Å². The first kappa shape index (κ1) is 18.3. The lowest BCUT2D eigenvalue weighted by atomic mass is 9.83. The van der Waals surface area contributed by atoms with Crippen molar-refractivity contribution in [3.05, 3.63) is 52.8 Å². The van der Waals surface area contributed by atoms with E-state index in [9.17, 15) is 5.11 Å². The monoisotopic (exact) mass is 391 g/mol. The summed E-state index contributed by atoms with van der Waals surface area (Å²) in [5.41, 5.74) is 10.5. The molecule has 0 atom stereocenters. The van der Waals surface area contributed by atoms with E-state index in [1.807, 2.05) is 18.3 Å². The minimum Gasteiger partial charge on any atom is -0.392 e. The largest absolute Gasteiger partial charge is 0.392 e. The number of hydrogen-bond donors (Lipinski definition) is 2. The number of nitrogens with zero attached hydrogens (tertiary/aromatic N) is 4. The number of nitrogens with two attached hydrogens (primary N) is 1. The highest BCUT2D eigenvalue weighted by Gasteiger charge is 2.43. The van der Waals surface area contributed by atoms with Crippen LogP contribution in [0.1, 0.15) is 35.2 Å². The molecule has 4 heterocycles. The van der Waals surface area contributed by atoms with Crippen LogP contribution in [0.3, 0.4) is 0 Å². The fourth-order valence-electron chi connectivity index (χ4n) is 4.65. The van der Waals surface area contributed by atoms with Crippen molar-refractivity contribution in [2.75, 3.05) is 30.3 Å². The Morgan fingerprint density at radius 2 is 2.07 bits per heavy atom. The molecule has 7 heteroatoms. The van der Waals surface area contributed by atoms with Gasteiger partial charge in [0, 0.05) is 30.2 Å². The molecule has 0 saturated carbocycles. The molecule has 5 rings (SSSR count). The van der Waals surface area contributed by atoms with Gasteiger partial charge >= 0.3 is 0 Å². The SMILES string of the molecule is Cc1cccc2cc(CO)c(N3CCC4(CC3)OCCc3cnc(N)nc34)nc12. The molecule has 0 aliphatic carbocycles. The molecule has 3 aromatic rings. The van der Waals surface area contributed by atoms with E-state index in [4.69, 9.17) is 15.5 Å². The number of para-hydroxylation sites is 1. The third-order valence-corrected chi connectivity index (χ3v) is 6.21. The Morgan fingerprint density at radius 3 is 2.86 bits per heavy atom. The number of nitrogen functional groups attached to an aromatic ring is 1. The van der Waals surface area contributed by atoms with Gasteiger partial charge < -0.3 is 20.5 Å². The van der Waals surface area contributed by atoms with Crippen molar-refractivity contribution in [3.63, 3.8) is 0 Å². The highest BCUT2D eigenvalue weighted by molar-refractivity contribution is 5.84. The Hall–Kier alpha value is -2.77. The molecule has 3 N–H and O–H groups in total. The van der Waals surface area contributed by atoms with Gasteiger partial charge in [-0.2, -0.15) is 0 Å². The Balaban J connectivity index is 1.48. The van der Waals surface area contributed by atoms with Crippen LogP contribution in [-0.2, 0) is 23.4 Å². The first-order valence-electron chi connectivity index (χ1n) is 10.1. The zero-order chi connectivity index (χ0) is 20.0. The van der Waals surface area contributed by atoms with Crippen LogP contribution < -0.4 is 10.6 Å². The molecule has 1 saturated heterocycles. The molecule has 2 aliphatic rings. The molecule has 0 unspecified atom stereocenters. The third-order valence-electron chi connectivity index (χ3n) is 6.21. The number of aromatic nitrogens is 3. The average molecular weight is 391 g/mol. The van der Waals surface area contributed by atoms with Gasteiger partial charge in [0.25, 0.3) is 0 Å². The average Bonchev–Trinajstić information content (AvgIpc) is 2.74. The lowest BCUT2D eigenvalue weighted by molar-refractivity contribution is -0.0801. The Morgan fingerprint density at radius 1 is 1.24 bits per heavy atom. The number of fused-ring (bicyclic) bond motifs is 3. The van der Waals surface area contributed by atoms with Crippen molar-refractivity contribution in [1.29, 1.82) is 0 Å². The number of rotatable bonds is 2. The van der Waals surface area contributed by atoms with E-state index in [1.165, 1.54) is 0 Å². The number of aliphatic hydroxyl groups is 1. The van der Waals surface area contributed by atoms with E-state index >= 15 is 0 Å². The number of aliphatic hydroxyl groups excluding tert-OH is 1. The van der Waals surface area contributed by atoms with Gasteiger partial charge in [-0.25, -0.2) is 15.0 Å². The lowest BCUT2D eigenvalue weighted by Gasteiger charge is -2.44. The number of aryl methyl sites for hydroxylation is 1. The maximum absolute atomic E-state index is 9.96. The summed E-state index contributed by atoms with van der Waals surface area (Å²) in [6.07, 6.45) is 4.26. The lowest BCUT2D eigenvalue weighted by Crippen LogP contribution is -2.47. The number of hydrogen-bond acceptors (Lipinski definition) is 7. The first-order valence-corrected chi connectivity index (χ1v) is 10.1. The normalized spacial score (nSPS) is 18.2. The number of piperidine rings is 1. The summed E-state index contributed by atoms with van der Waals surface area (Å²) in [4.78, 5) is 15.9. The zero-order valence-corrected chi connectivity index (χ0v) is 16.6. The van der Waals surface area contributed by atoms with Gasteiger partial charge in [-0.1, -0.05) is 18.2 Å². The molecule has 0 amide bonds. The van der Waals surface area contributed by atoms with Crippen LogP contribution in [0, 0.1) is 6.92 Å². The van der Waals surface area contributed by atoms with Gasteiger partial charge in [0.15, 0.2) is 0 Å². The molecular weight excluding hydrogens is 366 g/mol. The summed E-state index contributed by atoms with van der Waals surface area (Å²) in [7, 11) is 0. The predicted molar refractivity (Wildman–Crippen MR) is 112 cm³/mol. The molecule has 1 fully saturated rings. The summed E-state index contributed by atoms with van der Waals surface area (Å²) in [6, 6.07) is 8.19. The van der Waals surface area contributed by atoms with E-state index in [-0.39, 0.29) is 6.61 Å². The van der Waals surface area contributed by atoms with Crippen molar-refractivity contribution in [2.24, 2.45) is 0 Å². The summed E-state index contributed by atoms with van der Waals surface area (Å²) in [6.45, 7) is 4.27. The molecule has 0 radical (unpaired) electrons. The smallest absolute Gasteiger partial charge is 0.220 e. The second kappa shape index (κ2) is 6.93. The molecule has 7 nitrogen and oxygen atoms in total. The van der Waals surface area contributed by atoms with Crippen LogP contribution in [0.15, 0.2) is 30.5 Å². The summed E-state index contributed by atoms with van der Waals surface area (Å²) in [5, 5.41) is 11.0. The number of benzene rings is 1. The van der Waals surface area contributed by atoms with Crippen LogP contribution in [0.5, 0.6) is 0 Å². The molecule has 1 aromatic carbocycles. The van der Waals surface area contributed by atoms with Crippen molar-refractivity contribution in [3.8, 4) is 0 Å². The number of ether oxygens (including phenoxy) is 1. The summed E-state index contributed by atoms with van der Waals surface area (Å²) < 4.78 is 6.28. The fourth-order valence-corrected chi connectivity index (χ4v) is 4.65. The highest BCUT2D eigenvalue weighted by atomic mass is 16.5. The van der Waals surface area contributed by atoms with Gasteiger partial charge in [0.05, 0.1) is 24.4 Å². The van der Waals surface area contributed by atoms with Gasteiger partial charge in [0.1, 0.15) is 11.4 Å². The second-order valence-corrected chi connectivity index (χ2v) is 7.96. The molecule has 0 bridgehead atoms. The maximum atomic E-state index is 9.96. The first-order chi connectivity index (χ1) is 14.1. The topological polar surface area (TPSA) is 97.4 Å². The quantitative estimate of drug-likeness (QED) is 0.692. The number of anilines is 2. The molecular formula is C22H25N5O2. The summed E-state index contributed by atoms with van der Waals surface area (Å²) >= 11 is 0. The standard InChI is InChI=1S/C22H25N5O2/c1-14-3-2-4-15-11-17(13-28)20(25-18(14)15)27-8-6-22(7-9-27)19-16(5-10-29-22)12-24-21(23)26-19/h2-4,11-12,28H,5-10,13H2,1H3,(H2,23,24,26). The zero-order valence-electron chi connectivity index (χ0n) is 16.6. The minimum absolute atomic E-state index is 0.0308. The molecule has 150 valence electrons. The highest BCUT2D eigenvalue weighted by Crippen LogP contribution is 2.41. The van der Waals surface area contributed by atoms with Gasteiger partial charge in [0.2, 0.25) is 5.95 Å². The van der Waals surface area contributed by atoms with E-state index < -0.39 is 5.60 Å². The van der Waals surface area contributed by atoms with E-state index in [1.54, 1.807) is 0 Å². The van der Waals surface area contributed by atoms with Crippen LogP contribution >= 0.6 is 0 Å². The van der Waals surface area contributed by atoms with Crippen molar-refractivity contribution >= 4 is 22.7 Å². The Labute approximate surface area is 169 Å². The van der Waals surface area contributed by atoms with Gasteiger partial charge in [-0.3, -0.25) is 0 Å². The fraction of sp³-hybridized carbons (Fsp3) is 0.409. The number of pyridine rings is 1. The second-order valence-electron chi connectivity index (χ2n) is 7.96. The molecule has 29 heavy (non-hydrogen) atoms. The Kier molecular flexibility index (Phi) is 4.37. The maximum Gasteiger partial charge on any atom is 0.220 e. The van der Waals surface area contributed by atoms with E-state index in [0.717, 1.165) is 71.5 Å². The summed E-state index contributed by atoms with van der Waals surface area (Å²) in [5.74, 6) is 1.16. The molecule has 2 aliphatic heterocycles. The Bertz CT molecular complexity index is 1080. The van der Waals surface area contributed by atoms with Crippen molar-refractivity contribution in [2.45, 2.75) is 38.4 Å². The van der Waals surface area contributed by atoms with Crippen LogP contribution in [0.25, 0.3) is 10.9 Å². The van der Waals surface area contributed by atoms with Crippen LogP contribution in [0.2, 0.25) is 0 Å². The molecule has 2 aromatic heterocycles. The van der Waals surface area contributed by atoms with Gasteiger partial charge in [-0.05, 0) is 43.4 Å². The van der Waals surface area contributed by atoms with Crippen LogP contribution in [0.4, 0.5) is 11.8 Å². The van der Waals surface area contributed by atoms with Crippen LogP contribution in [-0.4, -0.2) is 39.8 Å². The van der Waals surface area contributed by atoms with Crippen molar-refractivity contribution in [1.82, 2.24) is 15.0 Å². The van der Waals surface area contributed by atoms with E-state index in [2.05, 4.69) is 33.9 Å². The third kappa shape index (κ3) is 3.01. The van der Waals surface area contributed by atoms with Gasteiger partial charge in [-0.15, -0.1) is 0 Å². The predicted octanol–water partition coefficient (Wildman–Crippen LogP) is 2.48. The van der Waals surface area contributed by atoms with E-state index in [0.29, 0.717) is 12.6 Å². The molecule has 1 spiro atoms.